The molecule has 0 saturated heterocycles. The van der Waals surface area contributed by atoms with Gasteiger partial charge in [-0.05, 0) is 44.5 Å². The van der Waals surface area contributed by atoms with Crippen LogP contribution in [-0.2, 0) is 0 Å². The van der Waals surface area contributed by atoms with Gasteiger partial charge in [0.2, 0.25) is 0 Å². The number of nitrogens with one attached hydrogen (secondary N) is 3. The Hall–Kier alpha value is -3.97. The van der Waals surface area contributed by atoms with E-state index >= 15 is 0 Å². The van der Waals surface area contributed by atoms with Crippen molar-refractivity contribution in [3.8, 4) is 17.5 Å². The van der Waals surface area contributed by atoms with E-state index in [0.717, 1.165) is 5.69 Å². The number of aliphatic hydroxyl groups is 1. The predicted octanol–water partition coefficient (Wildman–Crippen LogP) is 2.68. The van der Waals surface area contributed by atoms with Crippen LogP contribution >= 0.6 is 0 Å². The Labute approximate surface area is 179 Å². The molecule has 0 bridgehead atoms. The Balaban J connectivity index is 1.83. The van der Waals surface area contributed by atoms with Crippen molar-refractivity contribution in [3.63, 3.8) is 0 Å². The van der Waals surface area contributed by atoms with Gasteiger partial charge in [0.1, 0.15) is 5.82 Å². The van der Waals surface area contributed by atoms with E-state index in [1.165, 1.54) is 0 Å². The van der Waals surface area contributed by atoms with Crippen LogP contribution in [0.3, 0.4) is 0 Å². The Morgan fingerprint density at radius 3 is 2.71 bits per heavy atom. The highest BCUT2D eigenvalue weighted by Gasteiger charge is 2.19. The summed E-state index contributed by atoms with van der Waals surface area (Å²) in [6, 6.07) is 11.0. The maximum Gasteiger partial charge on any atom is 0.308 e. The number of hydrogen-bond donors (Lipinski definition) is 4. The lowest BCUT2D eigenvalue weighted by Gasteiger charge is -2.15. The van der Waals surface area contributed by atoms with E-state index in [4.69, 9.17) is 14.8 Å². The standard InChI is InChI=1S/C21H23N7O3/c1-13(2)25-17-10-18(26-15-6-4-14(11-22)5-7-15)24-12-16(17)20-27-28-21(31-20)19(30)23-8-3-9-29/h4-7,10,12-13,29H,3,8-9H2,1-2H3,(H,23,30)(H2,24,25,26). The molecule has 31 heavy (non-hydrogen) atoms. The zero-order valence-corrected chi connectivity index (χ0v) is 17.2. The third-order valence-corrected chi connectivity index (χ3v) is 4.10. The lowest BCUT2D eigenvalue weighted by molar-refractivity contribution is 0.0917. The van der Waals surface area contributed by atoms with E-state index in [9.17, 15) is 4.79 Å². The molecule has 4 N–H and O–H groups in total. The van der Waals surface area contributed by atoms with Gasteiger partial charge in [-0.25, -0.2) is 4.98 Å². The number of anilines is 3. The summed E-state index contributed by atoms with van der Waals surface area (Å²) in [7, 11) is 0. The number of nitrogens with zero attached hydrogens (tertiary/aromatic N) is 4. The largest absolute Gasteiger partial charge is 0.412 e. The summed E-state index contributed by atoms with van der Waals surface area (Å²) in [5.41, 5.74) is 2.62. The van der Waals surface area contributed by atoms with Crippen molar-refractivity contribution < 1.29 is 14.3 Å². The zero-order valence-electron chi connectivity index (χ0n) is 17.2. The molecule has 3 rings (SSSR count). The minimum absolute atomic E-state index is 0.0197. The molecule has 0 radical (unpaired) electrons. The molecule has 0 unspecified atom stereocenters. The first-order chi connectivity index (χ1) is 15.0. The summed E-state index contributed by atoms with van der Waals surface area (Å²) >= 11 is 0. The highest BCUT2D eigenvalue weighted by atomic mass is 16.4. The maximum absolute atomic E-state index is 12.1. The monoisotopic (exact) mass is 421 g/mol. The average Bonchev–Trinajstić information content (AvgIpc) is 3.24. The molecule has 0 fully saturated rings. The van der Waals surface area contributed by atoms with Crippen molar-refractivity contribution in [1.29, 1.82) is 5.26 Å². The topological polar surface area (TPSA) is 149 Å². The molecule has 0 aliphatic rings. The SMILES string of the molecule is CC(C)Nc1cc(Nc2ccc(C#N)cc2)ncc1-c1nnc(C(=O)NCCCO)o1. The summed E-state index contributed by atoms with van der Waals surface area (Å²) < 4.78 is 5.54. The Morgan fingerprint density at radius 1 is 1.26 bits per heavy atom. The summed E-state index contributed by atoms with van der Waals surface area (Å²) in [5.74, 6) is 0.0758. The maximum atomic E-state index is 12.1. The molecule has 10 nitrogen and oxygen atoms in total. The van der Waals surface area contributed by atoms with Crippen molar-refractivity contribution in [2.45, 2.75) is 26.3 Å². The lowest BCUT2D eigenvalue weighted by Crippen LogP contribution is -2.25. The van der Waals surface area contributed by atoms with Gasteiger partial charge < -0.3 is 25.5 Å². The van der Waals surface area contributed by atoms with Gasteiger partial charge in [-0.1, -0.05) is 0 Å². The fourth-order valence-electron chi connectivity index (χ4n) is 2.68. The normalized spacial score (nSPS) is 10.5. The Kier molecular flexibility index (Phi) is 7.13. The zero-order chi connectivity index (χ0) is 22.2. The first kappa shape index (κ1) is 21.7. The predicted molar refractivity (Wildman–Crippen MR) is 115 cm³/mol. The molecular weight excluding hydrogens is 398 g/mol. The van der Waals surface area contributed by atoms with Gasteiger partial charge in [0.25, 0.3) is 5.89 Å². The van der Waals surface area contributed by atoms with Crippen LogP contribution in [0.2, 0.25) is 0 Å². The van der Waals surface area contributed by atoms with Crippen LogP contribution in [-0.4, -0.2) is 45.4 Å². The summed E-state index contributed by atoms with van der Waals surface area (Å²) in [4.78, 5) is 16.5. The number of hydrogen-bond acceptors (Lipinski definition) is 9. The highest BCUT2D eigenvalue weighted by Crippen LogP contribution is 2.30. The van der Waals surface area contributed by atoms with Gasteiger partial charge in [-0.3, -0.25) is 4.79 Å². The molecule has 0 aliphatic heterocycles. The van der Waals surface area contributed by atoms with Crippen molar-refractivity contribution in [3.05, 3.63) is 48.0 Å². The quantitative estimate of drug-likeness (QED) is 0.382. The molecule has 0 aliphatic carbocycles. The number of rotatable bonds is 9. The summed E-state index contributed by atoms with van der Waals surface area (Å²) in [6.45, 7) is 4.27. The smallest absolute Gasteiger partial charge is 0.308 e. The van der Waals surface area contributed by atoms with Gasteiger partial charge in [0.05, 0.1) is 22.9 Å². The molecule has 160 valence electrons. The number of nitriles is 1. The van der Waals surface area contributed by atoms with E-state index in [1.807, 2.05) is 13.8 Å². The third kappa shape index (κ3) is 5.77. The average molecular weight is 421 g/mol. The van der Waals surface area contributed by atoms with Crippen LogP contribution in [0, 0.1) is 11.3 Å². The van der Waals surface area contributed by atoms with Crippen molar-refractivity contribution in [2.75, 3.05) is 23.8 Å². The molecule has 3 aromatic rings. The molecule has 0 saturated carbocycles. The first-order valence-electron chi connectivity index (χ1n) is 9.77. The van der Waals surface area contributed by atoms with Crippen molar-refractivity contribution in [2.24, 2.45) is 0 Å². The van der Waals surface area contributed by atoms with Gasteiger partial charge >= 0.3 is 11.8 Å². The van der Waals surface area contributed by atoms with E-state index in [1.54, 1.807) is 36.5 Å². The third-order valence-electron chi connectivity index (χ3n) is 4.10. The summed E-state index contributed by atoms with van der Waals surface area (Å²) in [5, 5.41) is 34.6. The summed E-state index contributed by atoms with van der Waals surface area (Å²) in [6.07, 6.45) is 2.02. The number of amides is 1. The van der Waals surface area contributed by atoms with Gasteiger partial charge in [0.15, 0.2) is 0 Å². The number of benzene rings is 1. The Bertz CT molecular complexity index is 1070. The molecule has 0 spiro atoms. The molecule has 2 heterocycles. The second-order valence-corrected chi connectivity index (χ2v) is 6.97. The number of aromatic nitrogens is 3. The molecule has 2 aromatic heterocycles. The molecule has 1 aromatic carbocycles. The molecule has 1 amide bonds. The van der Waals surface area contributed by atoms with E-state index in [0.29, 0.717) is 35.6 Å². The van der Waals surface area contributed by atoms with Crippen LogP contribution in [0.1, 0.15) is 36.5 Å². The highest BCUT2D eigenvalue weighted by molar-refractivity contribution is 5.89. The van der Waals surface area contributed by atoms with E-state index in [-0.39, 0.29) is 24.4 Å². The van der Waals surface area contributed by atoms with E-state index < -0.39 is 5.91 Å². The number of pyridine rings is 1. The van der Waals surface area contributed by atoms with Crippen LogP contribution in [0.15, 0.2) is 40.9 Å². The molecular formula is C21H23N7O3. The number of carbonyl (C=O) groups is 1. The van der Waals surface area contributed by atoms with Gasteiger partial charge in [0, 0.05) is 37.1 Å². The van der Waals surface area contributed by atoms with Crippen molar-refractivity contribution >= 4 is 23.1 Å². The second-order valence-electron chi connectivity index (χ2n) is 6.97. The molecule has 10 heteroatoms. The van der Waals surface area contributed by atoms with Crippen LogP contribution < -0.4 is 16.0 Å². The van der Waals surface area contributed by atoms with Crippen molar-refractivity contribution in [1.82, 2.24) is 20.5 Å². The van der Waals surface area contributed by atoms with Gasteiger partial charge in [-0.2, -0.15) is 5.26 Å². The lowest BCUT2D eigenvalue weighted by atomic mass is 10.2. The molecule has 0 atom stereocenters. The number of carbonyl (C=O) groups excluding carboxylic acids is 1. The minimum Gasteiger partial charge on any atom is -0.412 e. The first-order valence-corrected chi connectivity index (χ1v) is 9.77. The van der Waals surface area contributed by atoms with E-state index in [2.05, 4.69) is 37.2 Å². The van der Waals surface area contributed by atoms with Crippen LogP contribution in [0.4, 0.5) is 17.2 Å². The number of aliphatic hydroxyl groups excluding tert-OH is 1. The minimum atomic E-state index is -0.502. The Morgan fingerprint density at radius 2 is 2.03 bits per heavy atom. The van der Waals surface area contributed by atoms with Crippen LogP contribution in [0.5, 0.6) is 0 Å². The van der Waals surface area contributed by atoms with Gasteiger partial charge in [-0.15, -0.1) is 10.2 Å². The van der Waals surface area contributed by atoms with Crippen LogP contribution in [0.25, 0.3) is 11.5 Å². The second kappa shape index (κ2) is 10.2. The fourth-order valence-corrected chi connectivity index (χ4v) is 2.68. The fraction of sp³-hybridized carbons (Fsp3) is 0.286.